The molecule has 1 aliphatic heterocycles. The maximum Gasteiger partial charge on any atom is 0.234 e. The lowest BCUT2D eigenvalue weighted by Crippen LogP contribution is -2.38. The Morgan fingerprint density at radius 3 is 2.44 bits per heavy atom. The molecule has 2 aliphatic rings. The normalized spacial score (nSPS) is 19.1. The van der Waals surface area contributed by atoms with Crippen LogP contribution in [0.1, 0.15) is 50.5 Å². The van der Waals surface area contributed by atoms with Crippen molar-refractivity contribution in [2.45, 2.75) is 64.1 Å². The molecular formula is C21H28N4O2. The van der Waals surface area contributed by atoms with Crippen molar-refractivity contribution in [2.24, 2.45) is 0 Å². The van der Waals surface area contributed by atoms with Crippen LogP contribution in [0.2, 0.25) is 0 Å². The number of pyridine rings is 1. The molecule has 4 rings (SSSR count). The van der Waals surface area contributed by atoms with Gasteiger partial charge in [0.1, 0.15) is 18.0 Å². The van der Waals surface area contributed by atoms with E-state index in [1.165, 1.54) is 19.3 Å². The Kier molecular flexibility index (Phi) is 5.70. The molecule has 2 aromatic rings. The van der Waals surface area contributed by atoms with Crippen molar-refractivity contribution >= 4 is 5.82 Å². The average Bonchev–Trinajstić information content (AvgIpc) is 2.71. The summed E-state index contributed by atoms with van der Waals surface area (Å²) < 4.78 is 12.2. The predicted octanol–water partition coefficient (Wildman–Crippen LogP) is 3.94. The fraction of sp³-hybridized carbons (Fsp3) is 0.571. The molecule has 6 nitrogen and oxygen atoms in total. The summed E-state index contributed by atoms with van der Waals surface area (Å²) in [6.07, 6.45) is 15.8. The third kappa shape index (κ3) is 4.67. The number of nitrogens with zero attached hydrogens (tertiary/aromatic N) is 4. The third-order valence-electron chi connectivity index (χ3n) is 5.47. The van der Waals surface area contributed by atoms with Crippen LogP contribution in [0.3, 0.4) is 0 Å². The van der Waals surface area contributed by atoms with Crippen LogP contribution in [0.15, 0.2) is 30.9 Å². The molecule has 0 bridgehead atoms. The number of aryl methyl sites for hydroxylation is 1. The Bertz CT molecular complexity index is 740. The van der Waals surface area contributed by atoms with Crippen molar-refractivity contribution < 1.29 is 9.47 Å². The van der Waals surface area contributed by atoms with Crippen molar-refractivity contribution in [3.8, 4) is 11.6 Å². The minimum absolute atomic E-state index is 0.233. The van der Waals surface area contributed by atoms with Crippen molar-refractivity contribution in [1.82, 2.24) is 15.0 Å². The standard InChI is InChI=1S/C21H28N4O2/c1-16-13-22-10-7-19(16)26-18-8-11-25(12-9-18)20-14-23-15-21(24-20)27-17-5-3-2-4-6-17/h7,10,13-15,17-18H,2-6,8-9,11-12H2,1H3. The highest BCUT2D eigenvalue weighted by Crippen LogP contribution is 2.26. The van der Waals surface area contributed by atoms with Crippen LogP contribution in [-0.4, -0.2) is 40.2 Å². The lowest BCUT2D eigenvalue weighted by atomic mass is 9.98. The Balaban J connectivity index is 1.32. The van der Waals surface area contributed by atoms with Gasteiger partial charge in [0.15, 0.2) is 5.82 Å². The van der Waals surface area contributed by atoms with Gasteiger partial charge in [-0.25, -0.2) is 0 Å². The van der Waals surface area contributed by atoms with Crippen molar-refractivity contribution in [1.29, 1.82) is 0 Å². The van der Waals surface area contributed by atoms with Crippen LogP contribution in [0.4, 0.5) is 5.82 Å². The van der Waals surface area contributed by atoms with Gasteiger partial charge in [0.05, 0.1) is 12.4 Å². The lowest BCUT2D eigenvalue weighted by Gasteiger charge is -2.33. The molecule has 1 aliphatic carbocycles. The molecule has 0 spiro atoms. The van der Waals surface area contributed by atoms with Gasteiger partial charge in [-0.3, -0.25) is 9.97 Å². The number of piperidine rings is 1. The number of rotatable bonds is 5. The SMILES string of the molecule is Cc1cnccc1OC1CCN(c2cncc(OC3CCCCC3)n2)CC1. The highest BCUT2D eigenvalue weighted by atomic mass is 16.5. The smallest absolute Gasteiger partial charge is 0.234 e. The zero-order valence-corrected chi connectivity index (χ0v) is 16.0. The Hall–Kier alpha value is -2.37. The van der Waals surface area contributed by atoms with Gasteiger partial charge in [-0.1, -0.05) is 6.42 Å². The fourth-order valence-corrected chi connectivity index (χ4v) is 3.88. The maximum atomic E-state index is 6.17. The summed E-state index contributed by atoms with van der Waals surface area (Å²) in [5, 5.41) is 0. The van der Waals surface area contributed by atoms with Crippen molar-refractivity contribution in [3.05, 3.63) is 36.4 Å². The molecule has 1 saturated heterocycles. The zero-order valence-electron chi connectivity index (χ0n) is 16.0. The molecule has 2 aromatic heterocycles. The molecule has 27 heavy (non-hydrogen) atoms. The minimum Gasteiger partial charge on any atom is -0.490 e. The largest absolute Gasteiger partial charge is 0.490 e. The van der Waals surface area contributed by atoms with E-state index in [1.54, 1.807) is 12.4 Å². The Morgan fingerprint density at radius 1 is 0.889 bits per heavy atom. The summed E-state index contributed by atoms with van der Waals surface area (Å²) in [6, 6.07) is 1.94. The first-order chi connectivity index (χ1) is 13.3. The topological polar surface area (TPSA) is 60.4 Å². The van der Waals surface area contributed by atoms with Gasteiger partial charge in [-0.15, -0.1) is 0 Å². The number of hydrogen-bond acceptors (Lipinski definition) is 6. The van der Waals surface area contributed by atoms with Gasteiger partial charge in [0, 0.05) is 43.9 Å². The molecule has 2 fully saturated rings. The molecule has 0 radical (unpaired) electrons. The quantitative estimate of drug-likeness (QED) is 0.797. The monoisotopic (exact) mass is 368 g/mol. The maximum absolute atomic E-state index is 6.17. The van der Waals surface area contributed by atoms with E-state index >= 15 is 0 Å². The minimum atomic E-state index is 0.233. The predicted molar refractivity (Wildman–Crippen MR) is 104 cm³/mol. The summed E-state index contributed by atoms with van der Waals surface area (Å²) >= 11 is 0. The van der Waals surface area contributed by atoms with Crippen molar-refractivity contribution in [2.75, 3.05) is 18.0 Å². The highest BCUT2D eigenvalue weighted by molar-refractivity contribution is 5.38. The number of aromatic nitrogens is 3. The zero-order chi connectivity index (χ0) is 18.5. The van der Waals surface area contributed by atoms with E-state index in [2.05, 4.69) is 14.9 Å². The van der Waals surface area contributed by atoms with Gasteiger partial charge in [0.2, 0.25) is 5.88 Å². The molecule has 0 N–H and O–H groups in total. The summed E-state index contributed by atoms with van der Waals surface area (Å²) in [6.45, 7) is 3.86. The molecule has 0 atom stereocenters. The average molecular weight is 368 g/mol. The van der Waals surface area contributed by atoms with Crippen LogP contribution in [0.25, 0.3) is 0 Å². The van der Waals surface area contributed by atoms with Crippen LogP contribution >= 0.6 is 0 Å². The highest BCUT2D eigenvalue weighted by Gasteiger charge is 2.23. The van der Waals surface area contributed by atoms with E-state index in [4.69, 9.17) is 14.5 Å². The fourth-order valence-electron chi connectivity index (χ4n) is 3.88. The molecular weight excluding hydrogens is 340 g/mol. The third-order valence-corrected chi connectivity index (χ3v) is 5.47. The second kappa shape index (κ2) is 8.55. The van der Waals surface area contributed by atoms with Crippen LogP contribution in [-0.2, 0) is 0 Å². The van der Waals surface area contributed by atoms with Crippen LogP contribution in [0, 0.1) is 6.92 Å². The number of hydrogen-bond donors (Lipinski definition) is 0. The second-order valence-corrected chi connectivity index (χ2v) is 7.54. The van der Waals surface area contributed by atoms with E-state index in [0.29, 0.717) is 12.0 Å². The van der Waals surface area contributed by atoms with Gasteiger partial charge in [0.25, 0.3) is 0 Å². The first-order valence-corrected chi connectivity index (χ1v) is 10.1. The van der Waals surface area contributed by atoms with E-state index in [-0.39, 0.29) is 6.10 Å². The van der Waals surface area contributed by atoms with E-state index in [1.807, 2.05) is 25.4 Å². The number of anilines is 1. The molecule has 0 unspecified atom stereocenters. The van der Waals surface area contributed by atoms with Crippen LogP contribution in [0.5, 0.6) is 11.6 Å². The first kappa shape index (κ1) is 18.0. The van der Waals surface area contributed by atoms with Gasteiger partial charge < -0.3 is 14.4 Å². The van der Waals surface area contributed by atoms with Crippen molar-refractivity contribution in [3.63, 3.8) is 0 Å². The summed E-state index contributed by atoms with van der Waals surface area (Å²) in [5.41, 5.74) is 1.08. The molecule has 3 heterocycles. The van der Waals surface area contributed by atoms with E-state index in [9.17, 15) is 0 Å². The van der Waals surface area contributed by atoms with E-state index in [0.717, 1.165) is 55.9 Å². The van der Waals surface area contributed by atoms with E-state index < -0.39 is 0 Å². The second-order valence-electron chi connectivity index (χ2n) is 7.54. The molecule has 6 heteroatoms. The van der Waals surface area contributed by atoms with Crippen LogP contribution < -0.4 is 14.4 Å². The first-order valence-electron chi connectivity index (χ1n) is 10.1. The molecule has 0 amide bonds. The summed E-state index contributed by atoms with van der Waals surface area (Å²) in [7, 11) is 0. The lowest BCUT2D eigenvalue weighted by molar-refractivity contribution is 0.148. The Morgan fingerprint density at radius 2 is 1.67 bits per heavy atom. The molecule has 0 aromatic carbocycles. The van der Waals surface area contributed by atoms with Gasteiger partial charge in [-0.05, 0) is 38.7 Å². The summed E-state index contributed by atoms with van der Waals surface area (Å²) in [4.78, 5) is 15.5. The molecule has 1 saturated carbocycles. The molecule has 144 valence electrons. The van der Waals surface area contributed by atoms with Gasteiger partial charge in [-0.2, -0.15) is 4.98 Å². The van der Waals surface area contributed by atoms with Gasteiger partial charge >= 0.3 is 0 Å². The Labute approximate surface area is 161 Å². The number of ether oxygens (including phenoxy) is 2. The summed E-state index contributed by atoms with van der Waals surface area (Å²) in [5.74, 6) is 2.50.